The van der Waals surface area contributed by atoms with Gasteiger partial charge in [0.1, 0.15) is 0 Å². The average Bonchev–Trinajstić information content (AvgIpc) is 3.07. The van der Waals surface area contributed by atoms with Crippen molar-refractivity contribution in [2.45, 2.75) is 19.8 Å². The molecule has 0 atom stereocenters. The largest absolute Gasteiger partial charge is 0.452 e. The minimum absolute atomic E-state index is 0.328. The number of nitrogens with one attached hydrogen (secondary N) is 1. The first-order valence-electron chi connectivity index (χ1n) is 7.93. The van der Waals surface area contributed by atoms with Crippen LogP contribution in [0.25, 0.3) is 10.2 Å². The summed E-state index contributed by atoms with van der Waals surface area (Å²) >= 11 is 1.45. The number of amides is 1. The molecule has 5 nitrogen and oxygen atoms in total. The van der Waals surface area contributed by atoms with Crippen molar-refractivity contribution in [1.29, 1.82) is 0 Å². The lowest BCUT2D eigenvalue weighted by atomic mass is 10.0. The summed E-state index contributed by atoms with van der Waals surface area (Å²) in [4.78, 5) is 28.2. The molecule has 0 bridgehead atoms. The van der Waals surface area contributed by atoms with Crippen molar-refractivity contribution >= 4 is 39.1 Å². The van der Waals surface area contributed by atoms with Crippen molar-refractivity contribution in [3.63, 3.8) is 0 Å². The van der Waals surface area contributed by atoms with Crippen molar-refractivity contribution in [1.82, 2.24) is 4.98 Å². The van der Waals surface area contributed by atoms with E-state index in [0.29, 0.717) is 17.2 Å². The van der Waals surface area contributed by atoms with E-state index < -0.39 is 5.97 Å². The summed E-state index contributed by atoms with van der Waals surface area (Å²) in [6.45, 7) is 3.89. The summed E-state index contributed by atoms with van der Waals surface area (Å²) in [5.74, 6) is -0.466. The van der Waals surface area contributed by atoms with Gasteiger partial charge < -0.3 is 10.1 Å². The molecule has 0 aliphatic carbocycles. The number of hydrogen-bond donors (Lipinski definition) is 1. The third-order valence-corrected chi connectivity index (χ3v) is 4.55. The molecule has 0 saturated heterocycles. The van der Waals surface area contributed by atoms with E-state index in [-0.39, 0.29) is 12.5 Å². The number of fused-ring (bicyclic) bond motifs is 1. The van der Waals surface area contributed by atoms with Gasteiger partial charge in [-0.3, -0.25) is 4.79 Å². The number of carbonyl (C=O) groups is 2. The lowest BCUT2D eigenvalue weighted by molar-refractivity contribution is -0.119. The zero-order valence-electron chi connectivity index (χ0n) is 14.0. The number of esters is 1. The highest BCUT2D eigenvalue weighted by Gasteiger charge is 2.12. The fourth-order valence-electron chi connectivity index (χ4n) is 2.34. The molecule has 0 fully saturated rings. The Labute approximate surface area is 149 Å². The van der Waals surface area contributed by atoms with Gasteiger partial charge in [-0.25, -0.2) is 9.78 Å². The summed E-state index contributed by atoms with van der Waals surface area (Å²) in [5.41, 5.74) is 4.84. The molecule has 0 aliphatic heterocycles. The minimum atomic E-state index is -0.527. The number of benzene rings is 2. The summed E-state index contributed by atoms with van der Waals surface area (Å²) < 4.78 is 5.99. The van der Waals surface area contributed by atoms with Crippen LogP contribution in [0.15, 0.2) is 48.0 Å². The van der Waals surface area contributed by atoms with Gasteiger partial charge in [0.15, 0.2) is 6.61 Å². The van der Waals surface area contributed by atoms with Crippen molar-refractivity contribution in [2.24, 2.45) is 0 Å². The summed E-state index contributed by atoms with van der Waals surface area (Å²) in [6.07, 6.45) is 0. The summed E-state index contributed by atoms with van der Waals surface area (Å²) in [5, 5.41) is 2.72. The van der Waals surface area contributed by atoms with Gasteiger partial charge in [0.05, 0.1) is 21.3 Å². The Kier molecular flexibility index (Phi) is 5.09. The number of hydrogen-bond acceptors (Lipinski definition) is 5. The first-order chi connectivity index (χ1) is 12.0. The molecule has 0 aliphatic rings. The highest BCUT2D eigenvalue weighted by atomic mass is 32.1. The number of rotatable bonds is 5. The Morgan fingerprint density at radius 2 is 1.92 bits per heavy atom. The van der Waals surface area contributed by atoms with Crippen LogP contribution >= 0.6 is 11.3 Å². The Hall–Kier alpha value is -2.73. The molecule has 2 aromatic carbocycles. The van der Waals surface area contributed by atoms with E-state index in [0.717, 1.165) is 10.2 Å². The second-order valence-corrected chi connectivity index (χ2v) is 6.82. The minimum Gasteiger partial charge on any atom is -0.452 e. The van der Waals surface area contributed by atoms with E-state index in [1.54, 1.807) is 23.7 Å². The summed E-state index contributed by atoms with van der Waals surface area (Å²) in [6, 6.07) is 12.7. The quantitative estimate of drug-likeness (QED) is 0.697. The van der Waals surface area contributed by atoms with E-state index in [4.69, 9.17) is 4.74 Å². The molecule has 0 radical (unpaired) electrons. The zero-order chi connectivity index (χ0) is 17.8. The standard InChI is InChI=1S/C19H18N2O3S/c1-12(2)13-3-6-15(7-4-13)21-18(22)10-24-19(23)14-5-8-16-17(9-14)25-11-20-16/h3-9,11-12H,10H2,1-2H3,(H,21,22). The number of anilines is 1. The lowest BCUT2D eigenvalue weighted by Crippen LogP contribution is -2.20. The molecule has 0 spiro atoms. The molecule has 1 amide bonds. The molecule has 3 rings (SSSR count). The van der Waals surface area contributed by atoms with E-state index in [1.165, 1.54) is 16.9 Å². The maximum absolute atomic E-state index is 12.1. The van der Waals surface area contributed by atoms with Crippen LogP contribution in [-0.4, -0.2) is 23.5 Å². The Morgan fingerprint density at radius 3 is 2.64 bits per heavy atom. The molecular formula is C19H18N2O3S. The molecule has 0 saturated carbocycles. The third-order valence-electron chi connectivity index (χ3n) is 3.76. The van der Waals surface area contributed by atoms with Crippen molar-refractivity contribution in [3.8, 4) is 0 Å². The van der Waals surface area contributed by atoms with Crippen LogP contribution in [0.4, 0.5) is 5.69 Å². The molecule has 25 heavy (non-hydrogen) atoms. The highest BCUT2D eigenvalue weighted by Crippen LogP contribution is 2.20. The monoisotopic (exact) mass is 354 g/mol. The van der Waals surface area contributed by atoms with Gasteiger partial charge in [-0.1, -0.05) is 26.0 Å². The van der Waals surface area contributed by atoms with Gasteiger partial charge >= 0.3 is 5.97 Å². The van der Waals surface area contributed by atoms with Gasteiger partial charge in [-0.15, -0.1) is 11.3 Å². The van der Waals surface area contributed by atoms with E-state index >= 15 is 0 Å². The number of thiazole rings is 1. The zero-order valence-corrected chi connectivity index (χ0v) is 14.8. The molecular weight excluding hydrogens is 336 g/mol. The van der Waals surface area contributed by atoms with Crippen LogP contribution < -0.4 is 5.32 Å². The highest BCUT2D eigenvalue weighted by molar-refractivity contribution is 7.16. The van der Waals surface area contributed by atoms with Crippen molar-refractivity contribution in [2.75, 3.05) is 11.9 Å². The molecule has 1 heterocycles. The van der Waals surface area contributed by atoms with E-state index in [1.807, 2.05) is 24.3 Å². The predicted octanol–water partition coefficient (Wildman–Crippen LogP) is 4.22. The summed E-state index contributed by atoms with van der Waals surface area (Å²) in [7, 11) is 0. The van der Waals surface area contributed by atoms with Gasteiger partial charge in [-0.05, 0) is 41.8 Å². The van der Waals surface area contributed by atoms with Crippen LogP contribution in [0, 0.1) is 0 Å². The van der Waals surface area contributed by atoms with E-state index in [2.05, 4.69) is 24.1 Å². The third kappa shape index (κ3) is 4.22. The second kappa shape index (κ2) is 7.44. The average molecular weight is 354 g/mol. The molecule has 3 aromatic rings. The van der Waals surface area contributed by atoms with E-state index in [9.17, 15) is 9.59 Å². The number of nitrogens with zero attached hydrogens (tertiary/aromatic N) is 1. The van der Waals surface area contributed by atoms with Gasteiger partial charge in [0, 0.05) is 5.69 Å². The Morgan fingerprint density at radius 1 is 1.16 bits per heavy atom. The second-order valence-electron chi connectivity index (χ2n) is 5.94. The van der Waals surface area contributed by atoms with Crippen LogP contribution in [0.3, 0.4) is 0 Å². The SMILES string of the molecule is CC(C)c1ccc(NC(=O)COC(=O)c2ccc3ncsc3c2)cc1. The fraction of sp³-hybridized carbons (Fsp3) is 0.211. The Bertz CT molecular complexity index is 900. The van der Waals surface area contributed by atoms with Crippen molar-refractivity contribution < 1.29 is 14.3 Å². The smallest absolute Gasteiger partial charge is 0.338 e. The lowest BCUT2D eigenvalue weighted by Gasteiger charge is -2.09. The number of carbonyl (C=O) groups excluding carboxylic acids is 2. The first kappa shape index (κ1) is 17.1. The first-order valence-corrected chi connectivity index (χ1v) is 8.81. The molecule has 0 unspecified atom stereocenters. The fourth-order valence-corrected chi connectivity index (χ4v) is 3.06. The molecule has 128 valence electrons. The molecule has 1 aromatic heterocycles. The topological polar surface area (TPSA) is 68.3 Å². The normalized spacial score (nSPS) is 10.8. The van der Waals surface area contributed by atoms with Crippen LogP contribution in [-0.2, 0) is 9.53 Å². The Balaban J connectivity index is 1.55. The van der Waals surface area contributed by atoms with Gasteiger partial charge in [0.2, 0.25) is 0 Å². The number of aromatic nitrogens is 1. The number of ether oxygens (including phenoxy) is 1. The van der Waals surface area contributed by atoms with Crippen molar-refractivity contribution in [3.05, 3.63) is 59.1 Å². The van der Waals surface area contributed by atoms with Crippen LogP contribution in [0.2, 0.25) is 0 Å². The van der Waals surface area contributed by atoms with Gasteiger partial charge in [-0.2, -0.15) is 0 Å². The van der Waals surface area contributed by atoms with Crippen LogP contribution in [0.1, 0.15) is 35.7 Å². The van der Waals surface area contributed by atoms with Gasteiger partial charge in [0.25, 0.3) is 5.91 Å². The molecule has 1 N–H and O–H groups in total. The molecule has 6 heteroatoms. The van der Waals surface area contributed by atoms with Crippen LogP contribution in [0.5, 0.6) is 0 Å². The predicted molar refractivity (Wildman–Crippen MR) is 99.1 cm³/mol. The maximum Gasteiger partial charge on any atom is 0.338 e. The maximum atomic E-state index is 12.1.